The highest BCUT2D eigenvalue weighted by Gasteiger charge is 2.39. The second-order valence-corrected chi connectivity index (χ2v) is 6.83. The Morgan fingerprint density at radius 3 is 2.38 bits per heavy atom. The molecule has 2 unspecified atom stereocenters. The van der Waals surface area contributed by atoms with Crippen LogP contribution in [0.3, 0.4) is 0 Å². The smallest absolute Gasteiger partial charge is 0.164 e. The van der Waals surface area contributed by atoms with Crippen LogP contribution < -0.4 is 4.90 Å². The van der Waals surface area contributed by atoms with Gasteiger partial charge in [0.05, 0.1) is 6.17 Å². The molecule has 2 aliphatic rings. The third-order valence-corrected chi connectivity index (χ3v) is 5.42. The summed E-state index contributed by atoms with van der Waals surface area (Å²) in [4.78, 5) is 17.7. The van der Waals surface area contributed by atoms with E-state index in [0.29, 0.717) is 18.6 Å². The highest BCUT2D eigenvalue weighted by atomic mass is 16.1. The van der Waals surface area contributed by atoms with Crippen molar-refractivity contribution < 1.29 is 4.79 Å². The van der Waals surface area contributed by atoms with Crippen LogP contribution in [0.2, 0.25) is 0 Å². The first-order chi connectivity index (χ1) is 11.8. The van der Waals surface area contributed by atoms with E-state index in [2.05, 4.69) is 40.1 Å². The average molecular weight is 320 g/mol. The van der Waals surface area contributed by atoms with Gasteiger partial charge in [-0.25, -0.2) is 0 Å². The number of piperidine rings is 1. The molecule has 0 aliphatic carbocycles. The van der Waals surface area contributed by atoms with Crippen molar-refractivity contribution in [3.63, 3.8) is 0 Å². The molecule has 24 heavy (non-hydrogen) atoms. The molecular weight excluding hydrogens is 296 g/mol. The van der Waals surface area contributed by atoms with Crippen molar-refractivity contribution in [2.24, 2.45) is 0 Å². The van der Waals surface area contributed by atoms with Gasteiger partial charge in [0.15, 0.2) is 5.78 Å². The number of fused-ring (bicyclic) bond motifs is 1. The predicted molar refractivity (Wildman–Crippen MR) is 97.3 cm³/mol. The molecule has 4 rings (SSSR count). The Bertz CT molecular complexity index is 685. The summed E-state index contributed by atoms with van der Waals surface area (Å²) < 4.78 is 0. The van der Waals surface area contributed by atoms with E-state index in [-0.39, 0.29) is 5.78 Å². The summed E-state index contributed by atoms with van der Waals surface area (Å²) in [6.07, 6.45) is 4.64. The third-order valence-electron chi connectivity index (χ3n) is 5.42. The standard InChI is InChI=1S/C21H24N2O/c24-20(17-8-3-1-4-9-17)16-19-12-7-13-21-22(14-15-23(19)21)18-10-5-2-6-11-18/h1-6,8-11,19,21H,7,12-16H2. The Labute approximate surface area is 143 Å². The van der Waals surface area contributed by atoms with E-state index in [9.17, 15) is 4.79 Å². The zero-order valence-electron chi connectivity index (χ0n) is 14.0. The van der Waals surface area contributed by atoms with Crippen LogP contribution in [0, 0.1) is 0 Å². The first-order valence-electron chi connectivity index (χ1n) is 8.98. The monoisotopic (exact) mass is 320 g/mol. The van der Waals surface area contributed by atoms with Crippen molar-refractivity contribution in [1.29, 1.82) is 0 Å². The van der Waals surface area contributed by atoms with Crippen LogP contribution in [0.5, 0.6) is 0 Å². The third kappa shape index (κ3) is 2.96. The van der Waals surface area contributed by atoms with Gasteiger partial charge >= 0.3 is 0 Å². The summed E-state index contributed by atoms with van der Waals surface area (Å²) in [5.74, 6) is 0.277. The maximum absolute atomic E-state index is 12.6. The molecule has 2 aromatic carbocycles. The molecule has 2 aliphatic heterocycles. The molecule has 124 valence electrons. The van der Waals surface area contributed by atoms with Gasteiger partial charge in [-0.15, -0.1) is 0 Å². The van der Waals surface area contributed by atoms with Gasteiger partial charge in [-0.2, -0.15) is 0 Å². The largest absolute Gasteiger partial charge is 0.354 e. The van der Waals surface area contributed by atoms with Gasteiger partial charge in [0.25, 0.3) is 0 Å². The van der Waals surface area contributed by atoms with Crippen LogP contribution in [-0.2, 0) is 0 Å². The van der Waals surface area contributed by atoms with Crippen LogP contribution in [0.15, 0.2) is 60.7 Å². The number of benzene rings is 2. The van der Waals surface area contributed by atoms with Crippen LogP contribution in [-0.4, -0.2) is 36.0 Å². The average Bonchev–Trinajstić information content (AvgIpc) is 3.08. The van der Waals surface area contributed by atoms with Gasteiger partial charge in [-0.1, -0.05) is 48.5 Å². The number of hydrogen-bond acceptors (Lipinski definition) is 3. The summed E-state index contributed by atoms with van der Waals surface area (Å²) >= 11 is 0. The van der Waals surface area contributed by atoms with E-state index < -0.39 is 0 Å². The highest BCUT2D eigenvalue weighted by molar-refractivity contribution is 5.96. The minimum Gasteiger partial charge on any atom is -0.354 e. The Hall–Kier alpha value is -2.13. The molecule has 3 nitrogen and oxygen atoms in total. The van der Waals surface area contributed by atoms with Gasteiger partial charge in [0.1, 0.15) is 0 Å². The first kappa shape index (κ1) is 15.4. The van der Waals surface area contributed by atoms with E-state index in [0.717, 1.165) is 25.1 Å². The predicted octanol–water partition coefficient (Wildman–Crippen LogP) is 3.96. The molecule has 2 heterocycles. The van der Waals surface area contributed by atoms with E-state index in [4.69, 9.17) is 0 Å². The fraction of sp³-hybridized carbons (Fsp3) is 0.381. The Morgan fingerprint density at radius 2 is 1.62 bits per heavy atom. The van der Waals surface area contributed by atoms with Crippen molar-refractivity contribution in [2.75, 3.05) is 18.0 Å². The maximum Gasteiger partial charge on any atom is 0.164 e. The Balaban J connectivity index is 1.48. The van der Waals surface area contributed by atoms with Crippen molar-refractivity contribution in [3.8, 4) is 0 Å². The van der Waals surface area contributed by atoms with E-state index >= 15 is 0 Å². The summed E-state index contributed by atoms with van der Waals surface area (Å²) in [7, 11) is 0. The SMILES string of the molecule is O=C(CC1CCCC2N(c3ccccc3)CCN12)c1ccccc1. The molecule has 0 aromatic heterocycles. The zero-order valence-corrected chi connectivity index (χ0v) is 14.0. The molecule has 2 fully saturated rings. The van der Waals surface area contributed by atoms with Crippen LogP contribution in [0.25, 0.3) is 0 Å². The first-order valence-corrected chi connectivity index (χ1v) is 8.98. The molecule has 0 spiro atoms. The van der Waals surface area contributed by atoms with Gasteiger partial charge < -0.3 is 4.90 Å². The number of Topliss-reactive ketones (excluding diaryl/α,β-unsaturated/α-hetero) is 1. The van der Waals surface area contributed by atoms with Crippen molar-refractivity contribution in [3.05, 3.63) is 66.2 Å². The lowest BCUT2D eigenvalue weighted by atomic mass is 9.94. The van der Waals surface area contributed by atoms with E-state index in [1.54, 1.807) is 0 Å². The van der Waals surface area contributed by atoms with Crippen molar-refractivity contribution >= 4 is 11.5 Å². The molecule has 0 bridgehead atoms. The second-order valence-electron chi connectivity index (χ2n) is 6.83. The van der Waals surface area contributed by atoms with Gasteiger partial charge in [-0.3, -0.25) is 9.69 Å². The molecule has 0 amide bonds. The molecule has 2 aromatic rings. The summed E-state index contributed by atoms with van der Waals surface area (Å²) in [6.45, 7) is 2.12. The van der Waals surface area contributed by atoms with Gasteiger partial charge in [0.2, 0.25) is 0 Å². The van der Waals surface area contributed by atoms with E-state index in [1.807, 2.05) is 30.3 Å². The number of hydrogen-bond donors (Lipinski definition) is 0. The second kappa shape index (κ2) is 6.78. The molecule has 2 saturated heterocycles. The Kier molecular flexibility index (Phi) is 4.35. The fourth-order valence-electron chi connectivity index (χ4n) is 4.25. The normalized spacial score (nSPS) is 23.9. The molecular formula is C21H24N2O. The van der Waals surface area contributed by atoms with Gasteiger partial charge in [-0.05, 0) is 31.4 Å². The number of nitrogens with zero attached hydrogens (tertiary/aromatic N) is 2. The summed E-state index contributed by atoms with van der Waals surface area (Å²) in [5.41, 5.74) is 2.15. The molecule has 0 N–H and O–H groups in total. The van der Waals surface area contributed by atoms with Crippen LogP contribution in [0.1, 0.15) is 36.0 Å². The molecule has 3 heteroatoms. The minimum atomic E-state index is 0.277. The summed E-state index contributed by atoms with van der Waals surface area (Å²) in [5, 5.41) is 0. The van der Waals surface area contributed by atoms with Crippen molar-refractivity contribution in [1.82, 2.24) is 4.90 Å². The quantitative estimate of drug-likeness (QED) is 0.797. The summed E-state index contributed by atoms with van der Waals surface area (Å²) in [6, 6.07) is 20.8. The Morgan fingerprint density at radius 1 is 0.917 bits per heavy atom. The highest BCUT2D eigenvalue weighted by Crippen LogP contribution is 2.34. The molecule has 0 saturated carbocycles. The lowest BCUT2D eigenvalue weighted by Crippen LogP contribution is -2.48. The zero-order chi connectivity index (χ0) is 16.4. The molecule has 2 atom stereocenters. The maximum atomic E-state index is 12.6. The van der Waals surface area contributed by atoms with Crippen LogP contribution in [0.4, 0.5) is 5.69 Å². The number of para-hydroxylation sites is 1. The fourth-order valence-corrected chi connectivity index (χ4v) is 4.25. The van der Waals surface area contributed by atoms with Crippen molar-refractivity contribution in [2.45, 2.75) is 37.9 Å². The van der Waals surface area contributed by atoms with E-state index in [1.165, 1.54) is 18.5 Å². The number of carbonyl (C=O) groups is 1. The lowest BCUT2D eigenvalue weighted by Gasteiger charge is -2.40. The number of rotatable bonds is 4. The number of carbonyl (C=O) groups excluding carboxylic acids is 1. The topological polar surface area (TPSA) is 23.6 Å². The number of anilines is 1. The molecule has 0 radical (unpaired) electrons. The minimum absolute atomic E-state index is 0.277. The van der Waals surface area contributed by atoms with Gasteiger partial charge in [0, 0.05) is 36.8 Å². The number of ketones is 1. The lowest BCUT2D eigenvalue weighted by molar-refractivity contribution is 0.0827. The van der Waals surface area contributed by atoms with Crippen LogP contribution >= 0.6 is 0 Å².